The van der Waals surface area contributed by atoms with Gasteiger partial charge in [-0.25, -0.2) is 0 Å². The minimum atomic E-state index is -2.09. The molecule has 2 heterocycles. The molecule has 33 heavy (non-hydrogen) atoms. The van der Waals surface area contributed by atoms with E-state index in [-0.39, 0.29) is 6.42 Å². The molecule has 0 unspecified atom stereocenters. The van der Waals surface area contributed by atoms with E-state index in [1.165, 1.54) is 19.3 Å². The van der Waals surface area contributed by atoms with Crippen LogP contribution in [0.2, 0.25) is 0 Å². The van der Waals surface area contributed by atoms with Gasteiger partial charge >= 0.3 is 0 Å². The number of ether oxygens (including phenoxy) is 3. The summed E-state index contributed by atoms with van der Waals surface area (Å²) in [5, 5.41) is 81.0. The van der Waals surface area contributed by atoms with Crippen molar-refractivity contribution in [2.75, 3.05) is 13.2 Å². The van der Waals surface area contributed by atoms with Gasteiger partial charge in [-0.1, -0.05) is 51.9 Å². The van der Waals surface area contributed by atoms with Gasteiger partial charge in [0.15, 0.2) is 12.1 Å². The van der Waals surface area contributed by atoms with Crippen LogP contribution in [-0.2, 0) is 14.2 Å². The van der Waals surface area contributed by atoms with Gasteiger partial charge < -0.3 is 55.1 Å². The van der Waals surface area contributed by atoms with Gasteiger partial charge in [0.2, 0.25) is 0 Å². The van der Waals surface area contributed by atoms with Gasteiger partial charge in [-0.2, -0.15) is 0 Å². The maximum atomic E-state index is 10.8. The van der Waals surface area contributed by atoms with Crippen LogP contribution >= 0.6 is 0 Å². The van der Waals surface area contributed by atoms with Crippen molar-refractivity contribution in [2.24, 2.45) is 0 Å². The van der Waals surface area contributed by atoms with Crippen molar-refractivity contribution >= 4 is 0 Å². The summed E-state index contributed by atoms with van der Waals surface area (Å²) >= 11 is 0. The molecule has 0 spiro atoms. The van der Waals surface area contributed by atoms with Crippen molar-refractivity contribution in [3.63, 3.8) is 0 Å². The number of aliphatic hydroxyl groups excluding tert-OH is 7. The van der Waals surface area contributed by atoms with Crippen LogP contribution in [-0.4, -0.2) is 115 Å². The van der Waals surface area contributed by atoms with Crippen molar-refractivity contribution in [2.45, 2.75) is 126 Å². The predicted octanol–water partition coefficient (Wildman–Crippen LogP) is -1.50. The lowest BCUT2D eigenvalue weighted by molar-refractivity contribution is -0.384. The quantitative estimate of drug-likeness (QED) is 0.143. The van der Waals surface area contributed by atoms with E-state index in [0.29, 0.717) is 6.42 Å². The number of aliphatic hydroxyl groups is 8. The third-order valence-corrected chi connectivity index (χ3v) is 6.55. The van der Waals surface area contributed by atoms with Crippen molar-refractivity contribution < 1.29 is 55.1 Å². The zero-order valence-electron chi connectivity index (χ0n) is 19.3. The molecule has 8 N–H and O–H groups in total. The standard InChI is InChI=1S/C22H42O11/c1-2-3-4-5-6-7-8-9-10-22(30)20(29)18(28)19(14(12-24)33-22)32-21-17(27)16(26)15(25)13(11-23)31-21/h13-21,23-30H,2-12H2,1H3/t13-,14-,15+,16+,17-,18+,19-,20-,21+,22+/m1/s1. The fourth-order valence-electron chi connectivity index (χ4n) is 4.43. The van der Waals surface area contributed by atoms with Crippen molar-refractivity contribution in [1.29, 1.82) is 0 Å². The van der Waals surface area contributed by atoms with Gasteiger partial charge in [0.25, 0.3) is 0 Å². The molecule has 11 nitrogen and oxygen atoms in total. The average Bonchev–Trinajstić information content (AvgIpc) is 2.81. The van der Waals surface area contributed by atoms with Crippen LogP contribution in [0.25, 0.3) is 0 Å². The first-order chi connectivity index (χ1) is 15.7. The zero-order valence-corrected chi connectivity index (χ0v) is 19.3. The first-order valence-electron chi connectivity index (χ1n) is 12.0. The highest BCUT2D eigenvalue weighted by Crippen LogP contribution is 2.35. The molecule has 11 heteroatoms. The van der Waals surface area contributed by atoms with Crippen molar-refractivity contribution in [1.82, 2.24) is 0 Å². The lowest BCUT2D eigenvalue weighted by Crippen LogP contribution is -2.68. The summed E-state index contributed by atoms with van der Waals surface area (Å²) in [4.78, 5) is 0. The van der Waals surface area contributed by atoms with E-state index in [0.717, 1.165) is 25.7 Å². The number of rotatable bonds is 13. The van der Waals surface area contributed by atoms with Crippen LogP contribution in [0, 0.1) is 0 Å². The highest BCUT2D eigenvalue weighted by atomic mass is 16.7. The minimum absolute atomic E-state index is 0.0451. The monoisotopic (exact) mass is 482 g/mol. The van der Waals surface area contributed by atoms with Crippen LogP contribution in [0.1, 0.15) is 64.7 Å². The van der Waals surface area contributed by atoms with Gasteiger partial charge in [-0.05, 0) is 6.42 Å². The van der Waals surface area contributed by atoms with Crippen molar-refractivity contribution in [3.8, 4) is 0 Å². The molecule has 0 aromatic rings. The first kappa shape index (κ1) is 28.8. The lowest BCUT2D eigenvalue weighted by atomic mass is 9.89. The molecule has 0 radical (unpaired) electrons. The number of hydrogen-bond donors (Lipinski definition) is 8. The van der Waals surface area contributed by atoms with Crippen molar-refractivity contribution in [3.05, 3.63) is 0 Å². The van der Waals surface area contributed by atoms with Crippen LogP contribution < -0.4 is 0 Å². The molecular weight excluding hydrogens is 440 g/mol. The van der Waals surface area contributed by atoms with E-state index >= 15 is 0 Å². The molecule has 196 valence electrons. The maximum Gasteiger partial charge on any atom is 0.195 e. The Bertz CT molecular complexity index is 548. The SMILES string of the molecule is CCCCCCCCCC[C@]1(O)O[C@H](CO)[C@@H](O[C@@H]2O[C@H](CO)[C@H](O)[C@H](O)[C@H]2O)[C@H](O)[C@H]1O. The molecule has 0 amide bonds. The highest BCUT2D eigenvalue weighted by molar-refractivity contribution is 4.98. The number of unbranched alkanes of at least 4 members (excludes halogenated alkanes) is 7. The van der Waals surface area contributed by atoms with E-state index in [1.54, 1.807) is 0 Å². The topological polar surface area (TPSA) is 190 Å². The summed E-state index contributed by atoms with van der Waals surface area (Å²) < 4.78 is 16.3. The van der Waals surface area contributed by atoms with Gasteiger partial charge in [-0.3, -0.25) is 0 Å². The van der Waals surface area contributed by atoms with E-state index in [4.69, 9.17) is 14.2 Å². The Morgan fingerprint density at radius 1 is 0.727 bits per heavy atom. The number of hydrogen-bond acceptors (Lipinski definition) is 11. The van der Waals surface area contributed by atoms with Gasteiger partial charge in [0, 0.05) is 6.42 Å². The van der Waals surface area contributed by atoms with Gasteiger partial charge in [0.05, 0.1) is 13.2 Å². The van der Waals surface area contributed by atoms with E-state index in [9.17, 15) is 40.9 Å². The molecule has 0 aromatic heterocycles. The molecular formula is C22H42O11. The van der Waals surface area contributed by atoms with E-state index < -0.39 is 74.1 Å². The second-order valence-corrected chi connectivity index (χ2v) is 9.14. The smallest absolute Gasteiger partial charge is 0.195 e. The Balaban J connectivity index is 1.93. The molecule has 0 saturated carbocycles. The maximum absolute atomic E-state index is 10.8. The molecule has 0 aromatic carbocycles. The van der Waals surface area contributed by atoms with Crippen LogP contribution in [0.4, 0.5) is 0 Å². The molecule has 2 saturated heterocycles. The average molecular weight is 483 g/mol. The van der Waals surface area contributed by atoms with Gasteiger partial charge in [-0.15, -0.1) is 0 Å². The predicted molar refractivity (Wildman–Crippen MR) is 115 cm³/mol. The van der Waals surface area contributed by atoms with E-state index in [2.05, 4.69) is 6.92 Å². The van der Waals surface area contributed by atoms with Crippen LogP contribution in [0.15, 0.2) is 0 Å². The Kier molecular flexibility index (Phi) is 11.9. The molecule has 2 aliphatic heterocycles. The van der Waals surface area contributed by atoms with Gasteiger partial charge in [0.1, 0.15) is 48.8 Å². The second kappa shape index (κ2) is 13.6. The molecule has 2 fully saturated rings. The normalized spacial score (nSPS) is 41.9. The summed E-state index contributed by atoms with van der Waals surface area (Å²) in [5.74, 6) is -2.09. The summed E-state index contributed by atoms with van der Waals surface area (Å²) in [6.45, 7) is 0.814. The third kappa shape index (κ3) is 7.28. The largest absolute Gasteiger partial charge is 0.394 e. The zero-order chi connectivity index (χ0) is 24.6. The van der Waals surface area contributed by atoms with Crippen LogP contribution in [0.5, 0.6) is 0 Å². The fourth-order valence-corrected chi connectivity index (χ4v) is 4.43. The van der Waals surface area contributed by atoms with Crippen LogP contribution in [0.3, 0.4) is 0 Å². The second-order valence-electron chi connectivity index (χ2n) is 9.14. The molecule has 2 aliphatic rings. The summed E-state index contributed by atoms with van der Waals surface area (Å²) in [5.41, 5.74) is 0. The Morgan fingerprint density at radius 3 is 1.88 bits per heavy atom. The fraction of sp³-hybridized carbons (Fsp3) is 1.00. The summed E-state index contributed by atoms with van der Waals surface area (Å²) in [7, 11) is 0. The Labute approximate surface area is 194 Å². The Morgan fingerprint density at radius 2 is 1.30 bits per heavy atom. The molecule has 0 bridgehead atoms. The summed E-state index contributed by atoms with van der Waals surface area (Å²) in [6.07, 6.45) is -5.80. The van der Waals surface area contributed by atoms with E-state index in [1.807, 2.05) is 0 Å². The lowest BCUT2D eigenvalue weighted by Gasteiger charge is -2.49. The highest BCUT2D eigenvalue weighted by Gasteiger charge is 2.55. The summed E-state index contributed by atoms with van der Waals surface area (Å²) in [6, 6.07) is 0. The minimum Gasteiger partial charge on any atom is -0.394 e. The molecule has 2 rings (SSSR count). The molecule has 10 atom stereocenters. The molecule has 0 aliphatic carbocycles. The first-order valence-corrected chi connectivity index (χ1v) is 12.0. The Hall–Kier alpha value is -0.440. The third-order valence-electron chi connectivity index (χ3n) is 6.55.